The zero-order valence-electron chi connectivity index (χ0n) is 10.8. The Bertz CT molecular complexity index is 449. The molecule has 0 aliphatic heterocycles. The van der Waals surface area contributed by atoms with E-state index in [-0.39, 0.29) is 0 Å². The highest BCUT2D eigenvalue weighted by atomic mass is 32.1. The predicted molar refractivity (Wildman–Crippen MR) is 78.5 cm³/mol. The van der Waals surface area contributed by atoms with Crippen molar-refractivity contribution in [2.24, 2.45) is 0 Å². The molecule has 2 rings (SSSR count). The van der Waals surface area contributed by atoms with Crippen LogP contribution in [0.25, 0.3) is 0 Å². The first-order chi connectivity index (χ1) is 8.74. The molecule has 0 aliphatic rings. The van der Waals surface area contributed by atoms with Gasteiger partial charge in [0.1, 0.15) is 10.0 Å². The Balaban J connectivity index is 1.76. The highest BCUT2D eigenvalue weighted by Gasteiger charge is 2.05. The second kappa shape index (κ2) is 6.97. The van der Waals surface area contributed by atoms with Crippen LogP contribution in [0.5, 0.6) is 0 Å². The minimum absolute atomic E-state index is 0.564. The molecule has 0 saturated heterocycles. The van der Waals surface area contributed by atoms with E-state index in [1.807, 2.05) is 0 Å². The lowest BCUT2D eigenvalue weighted by molar-refractivity contribution is 0.569. The summed E-state index contributed by atoms with van der Waals surface area (Å²) in [5.41, 5.74) is 0. The van der Waals surface area contributed by atoms with Gasteiger partial charge in [-0.1, -0.05) is 19.9 Å². The molecule has 0 aliphatic carbocycles. The molecular formula is C13H19N3S2. The SMILES string of the molecule is CC(C)NCCCc1nnc(Cc2cccs2)s1. The van der Waals surface area contributed by atoms with Crippen molar-refractivity contribution in [3.05, 3.63) is 32.4 Å². The Labute approximate surface area is 116 Å². The van der Waals surface area contributed by atoms with E-state index in [2.05, 4.69) is 46.9 Å². The van der Waals surface area contributed by atoms with E-state index < -0.39 is 0 Å². The van der Waals surface area contributed by atoms with Crippen molar-refractivity contribution in [2.75, 3.05) is 6.54 Å². The quantitative estimate of drug-likeness (QED) is 0.792. The molecule has 18 heavy (non-hydrogen) atoms. The summed E-state index contributed by atoms with van der Waals surface area (Å²) >= 11 is 3.53. The van der Waals surface area contributed by atoms with Crippen LogP contribution in [0.2, 0.25) is 0 Å². The maximum absolute atomic E-state index is 4.26. The van der Waals surface area contributed by atoms with Gasteiger partial charge < -0.3 is 5.32 Å². The Hall–Kier alpha value is -0.780. The maximum Gasteiger partial charge on any atom is 0.122 e. The molecule has 0 fully saturated rings. The predicted octanol–water partition coefficient (Wildman–Crippen LogP) is 3.12. The molecule has 5 heteroatoms. The van der Waals surface area contributed by atoms with Gasteiger partial charge in [-0.25, -0.2) is 0 Å². The van der Waals surface area contributed by atoms with E-state index in [0.29, 0.717) is 6.04 Å². The van der Waals surface area contributed by atoms with Crippen LogP contribution in [0.3, 0.4) is 0 Å². The van der Waals surface area contributed by atoms with Gasteiger partial charge in [0.25, 0.3) is 0 Å². The van der Waals surface area contributed by atoms with Gasteiger partial charge in [0.2, 0.25) is 0 Å². The Morgan fingerprint density at radius 3 is 2.83 bits per heavy atom. The summed E-state index contributed by atoms with van der Waals surface area (Å²) in [6.45, 7) is 5.39. The summed E-state index contributed by atoms with van der Waals surface area (Å²) < 4.78 is 0. The first kappa shape index (κ1) is 13.6. The molecule has 3 nitrogen and oxygen atoms in total. The van der Waals surface area contributed by atoms with E-state index in [1.165, 1.54) is 4.88 Å². The fraction of sp³-hybridized carbons (Fsp3) is 0.538. The molecule has 0 atom stereocenters. The fourth-order valence-electron chi connectivity index (χ4n) is 1.65. The molecule has 0 spiro atoms. The number of thiophene rings is 1. The maximum atomic E-state index is 4.26. The fourth-order valence-corrected chi connectivity index (χ4v) is 3.36. The van der Waals surface area contributed by atoms with E-state index in [4.69, 9.17) is 0 Å². The van der Waals surface area contributed by atoms with E-state index in [1.54, 1.807) is 22.7 Å². The van der Waals surface area contributed by atoms with Crippen molar-refractivity contribution in [1.82, 2.24) is 15.5 Å². The summed E-state index contributed by atoms with van der Waals surface area (Å²) in [4.78, 5) is 1.36. The number of nitrogens with zero attached hydrogens (tertiary/aromatic N) is 2. The van der Waals surface area contributed by atoms with Crippen molar-refractivity contribution in [3.63, 3.8) is 0 Å². The molecule has 98 valence electrons. The topological polar surface area (TPSA) is 37.8 Å². The van der Waals surface area contributed by atoms with Crippen LogP contribution < -0.4 is 5.32 Å². The summed E-state index contributed by atoms with van der Waals surface area (Å²) in [5.74, 6) is 0. The molecule has 1 N–H and O–H groups in total. The van der Waals surface area contributed by atoms with Crippen LogP contribution in [0.1, 0.15) is 35.2 Å². The highest BCUT2D eigenvalue weighted by Crippen LogP contribution is 2.18. The molecular weight excluding hydrogens is 262 g/mol. The standard InChI is InChI=1S/C13H19N3S2/c1-10(2)14-7-3-6-12-15-16-13(18-12)9-11-5-4-8-17-11/h4-5,8,10,14H,3,6-7,9H2,1-2H3. The molecule has 0 bridgehead atoms. The number of aryl methyl sites for hydroxylation is 1. The first-order valence-electron chi connectivity index (χ1n) is 6.31. The third-order valence-electron chi connectivity index (χ3n) is 2.53. The second-order valence-corrected chi connectivity index (χ2v) is 6.74. The minimum atomic E-state index is 0.564. The van der Waals surface area contributed by atoms with E-state index >= 15 is 0 Å². The Morgan fingerprint density at radius 2 is 2.11 bits per heavy atom. The molecule has 0 radical (unpaired) electrons. The zero-order chi connectivity index (χ0) is 12.8. The van der Waals surface area contributed by atoms with Crippen LogP contribution in [0.15, 0.2) is 17.5 Å². The van der Waals surface area contributed by atoms with Gasteiger partial charge in [-0.15, -0.1) is 32.9 Å². The van der Waals surface area contributed by atoms with Crippen molar-refractivity contribution in [1.29, 1.82) is 0 Å². The van der Waals surface area contributed by atoms with Crippen LogP contribution in [0, 0.1) is 0 Å². The second-order valence-electron chi connectivity index (χ2n) is 4.56. The van der Waals surface area contributed by atoms with Crippen molar-refractivity contribution < 1.29 is 0 Å². The van der Waals surface area contributed by atoms with Gasteiger partial charge in [-0.2, -0.15) is 0 Å². The van der Waals surface area contributed by atoms with Gasteiger partial charge in [-0.05, 0) is 24.4 Å². The smallest absolute Gasteiger partial charge is 0.122 e. The molecule has 2 heterocycles. The van der Waals surface area contributed by atoms with Crippen LogP contribution >= 0.6 is 22.7 Å². The number of hydrogen-bond acceptors (Lipinski definition) is 5. The van der Waals surface area contributed by atoms with E-state index in [0.717, 1.165) is 35.8 Å². The van der Waals surface area contributed by atoms with Crippen LogP contribution in [-0.2, 0) is 12.8 Å². The number of rotatable bonds is 7. The van der Waals surface area contributed by atoms with Gasteiger partial charge in [-0.3, -0.25) is 0 Å². The molecule has 0 aromatic carbocycles. The number of nitrogens with one attached hydrogen (secondary N) is 1. The van der Waals surface area contributed by atoms with Gasteiger partial charge in [0.05, 0.1) is 0 Å². The first-order valence-corrected chi connectivity index (χ1v) is 8.00. The highest BCUT2D eigenvalue weighted by molar-refractivity contribution is 7.12. The monoisotopic (exact) mass is 281 g/mol. The van der Waals surface area contributed by atoms with E-state index in [9.17, 15) is 0 Å². The summed E-state index contributed by atoms with van der Waals surface area (Å²) in [7, 11) is 0. The summed E-state index contributed by atoms with van der Waals surface area (Å²) in [6, 6.07) is 4.80. The van der Waals surface area contributed by atoms with Gasteiger partial charge in [0.15, 0.2) is 0 Å². The normalized spacial score (nSPS) is 11.3. The van der Waals surface area contributed by atoms with Crippen molar-refractivity contribution in [3.8, 4) is 0 Å². The zero-order valence-corrected chi connectivity index (χ0v) is 12.5. The molecule has 0 saturated carbocycles. The van der Waals surface area contributed by atoms with Gasteiger partial charge >= 0.3 is 0 Å². The molecule has 2 aromatic rings. The number of hydrogen-bond donors (Lipinski definition) is 1. The van der Waals surface area contributed by atoms with Gasteiger partial charge in [0, 0.05) is 23.8 Å². The average molecular weight is 281 g/mol. The lowest BCUT2D eigenvalue weighted by Gasteiger charge is -2.05. The number of aromatic nitrogens is 2. The summed E-state index contributed by atoms with van der Waals surface area (Å²) in [6.07, 6.45) is 3.09. The Morgan fingerprint density at radius 1 is 1.28 bits per heavy atom. The third kappa shape index (κ3) is 4.48. The third-order valence-corrected chi connectivity index (χ3v) is 4.39. The largest absolute Gasteiger partial charge is 0.315 e. The molecule has 0 unspecified atom stereocenters. The van der Waals surface area contributed by atoms with Crippen LogP contribution in [-0.4, -0.2) is 22.8 Å². The minimum Gasteiger partial charge on any atom is -0.315 e. The van der Waals surface area contributed by atoms with Crippen molar-refractivity contribution in [2.45, 2.75) is 39.2 Å². The molecule has 2 aromatic heterocycles. The summed E-state index contributed by atoms with van der Waals surface area (Å²) in [5, 5.41) is 16.3. The lowest BCUT2D eigenvalue weighted by Crippen LogP contribution is -2.23. The lowest BCUT2D eigenvalue weighted by atomic mass is 10.3. The molecule has 0 amide bonds. The van der Waals surface area contributed by atoms with Crippen molar-refractivity contribution >= 4 is 22.7 Å². The van der Waals surface area contributed by atoms with Crippen LogP contribution in [0.4, 0.5) is 0 Å². The Kier molecular flexibility index (Phi) is 5.28. The average Bonchev–Trinajstić information content (AvgIpc) is 2.97.